The molecule has 1 heterocycles. The van der Waals surface area contributed by atoms with Crippen LogP contribution < -0.4 is 5.32 Å². The van der Waals surface area contributed by atoms with Gasteiger partial charge in [0.25, 0.3) is 0 Å². The number of ether oxygens (including phenoxy) is 2. The number of hydrogen-bond donors (Lipinski definition) is 6. The fourth-order valence-corrected chi connectivity index (χ4v) is 7.62. The number of rotatable bonds is 41. The maximum Gasteiger partial charge on any atom is 0.220 e. The largest absolute Gasteiger partial charge is 0.394 e. The number of amides is 1. The Hall–Kier alpha value is -2.11. The second kappa shape index (κ2) is 41.9. The van der Waals surface area contributed by atoms with Crippen LogP contribution in [0.5, 0.6) is 0 Å². The van der Waals surface area contributed by atoms with Crippen LogP contribution in [0.3, 0.4) is 0 Å². The zero-order chi connectivity index (χ0) is 44.4. The van der Waals surface area contributed by atoms with E-state index in [1.807, 2.05) is 6.08 Å². The summed E-state index contributed by atoms with van der Waals surface area (Å²) in [7, 11) is 0. The number of nitrogens with one attached hydrogen (secondary N) is 1. The predicted molar refractivity (Wildman–Crippen MR) is 253 cm³/mol. The van der Waals surface area contributed by atoms with Crippen LogP contribution in [-0.4, -0.2) is 87.5 Å². The molecule has 1 rings (SSSR count). The smallest absolute Gasteiger partial charge is 0.220 e. The van der Waals surface area contributed by atoms with Gasteiger partial charge < -0.3 is 40.3 Å². The average molecular weight is 860 g/mol. The highest BCUT2D eigenvalue weighted by atomic mass is 16.7. The molecule has 1 saturated heterocycles. The Morgan fingerprint density at radius 2 is 1.02 bits per heavy atom. The van der Waals surface area contributed by atoms with Gasteiger partial charge in [-0.15, -0.1) is 0 Å². The molecule has 0 aromatic rings. The molecule has 6 N–H and O–H groups in total. The Labute approximate surface area is 373 Å². The predicted octanol–water partition coefficient (Wildman–Crippen LogP) is 11.2. The Bertz CT molecular complexity index is 1140. The van der Waals surface area contributed by atoms with Crippen LogP contribution >= 0.6 is 0 Å². The summed E-state index contributed by atoms with van der Waals surface area (Å²) in [5, 5.41) is 54.3. The second-order valence-corrected chi connectivity index (χ2v) is 17.2. The lowest BCUT2D eigenvalue weighted by Gasteiger charge is -2.40. The Kier molecular flexibility index (Phi) is 39.1. The first-order valence-corrected chi connectivity index (χ1v) is 25.0. The molecule has 61 heavy (non-hydrogen) atoms. The fraction of sp³-hybridized carbons (Fsp3) is 0.788. The van der Waals surface area contributed by atoms with Gasteiger partial charge in [0.2, 0.25) is 5.91 Å². The lowest BCUT2D eigenvalue weighted by atomic mass is 9.99. The van der Waals surface area contributed by atoms with Crippen molar-refractivity contribution >= 4 is 5.91 Å². The van der Waals surface area contributed by atoms with Gasteiger partial charge in [0.15, 0.2) is 6.29 Å². The fourth-order valence-electron chi connectivity index (χ4n) is 7.62. The summed E-state index contributed by atoms with van der Waals surface area (Å²) in [5.41, 5.74) is 0. The van der Waals surface area contributed by atoms with E-state index in [-0.39, 0.29) is 12.5 Å². The summed E-state index contributed by atoms with van der Waals surface area (Å²) >= 11 is 0. The molecule has 0 saturated carbocycles. The van der Waals surface area contributed by atoms with Gasteiger partial charge >= 0.3 is 0 Å². The molecule has 7 unspecified atom stereocenters. The minimum absolute atomic E-state index is 0.184. The van der Waals surface area contributed by atoms with Gasteiger partial charge in [0.05, 0.1) is 25.4 Å². The molecular formula is C52H93NO8. The highest BCUT2D eigenvalue weighted by Crippen LogP contribution is 2.23. The molecule has 1 aliphatic heterocycles. The van der Waals surface area contributed by atoms with Crippen molar-refractivity contribution in [1.29, 1.82) is 0 Å². The van der Waals surface area contributed by atoms with Gasteiger partial charge in [-0.2, -0.15) is 0 Å². The minimum atomic E-state index is -1.57. The maximum atomic E-state index is 13.0. The van der Waals surface area contributed by atoms with Crippen LogP contribution in [0.2, 0.25) is 0 Å². The van der Waals surface area contributed by atoms with Crippen molar-refractivity contribution in [3.05, 3.63) is 60.8 Å². The number of carbonyl (C=O) groups excluding carboxylic acids is 1. The van der Waals surface area contributed by atoms with Crippen molar-refractivity contribution < 1.29 is 39.8 Å². The van der Waals surface area contributed by atoms with Gasteiger partial charge in [0, 0.05) is 6.42 Å². The van der Waals surface area contributed by atoms with Gasteiger partial charge in [0.1, 0.15) is 24.4 Å². The molecule has 0 radical (unpaired) electrons. The van der Waals surface area contributed by atoms with Crippen LogP contribution in [0, 0.1) is 0 Å². The summed E-state index contributed by atoms with van der Waals surface area (Å²) in [4.78, 5) is 13.0. The van der Waals surface area contributed by atoms with Crippen LogP contribution in [0.15, 0.2) is 60.8 Å². The number of hydrogen-bond acceptors (Lipinski definition) is 8. The molecule has 7 atom stereocenters. The third kappa shape index (κ3) is 32.2. The van der Waals surface area contributed by atoms with Gasteiger partial charge in [-0.05, 0) is 57.8 Å². The molecular weight excluding hydrogens is 767 g/mol. The molecule has 1 fully saturated rings. The van der Waals surface area contributed by atoms with E-state index in [2.05, 4.69) is 67.8 Å². The van der Waals surface area contributed by atoms with E-state index in [9.17, 15) is 30.3 Å². The summed E-state index contributed by atoms with van der Waals surface area (Å²) < 4.78 is 11.2. The van der Waals surface area contributed by atoms with E-state index in [0.29, 0.717) is 6.42 Å². The first-order chi connectivity index (χ1) is 29.8. The van der Waals surface area contributed by atoms with Crippen LogP contribution in [0.1, 0.15) is 206 Å². The molecule has 0 spiro atoms. The van der Waals surface area contributed by atoms with E-state index < -0.39 is 49.5 Å². The zero-order valence-electron chi connectivity index (χ0n) is 38.9. The molecule has 0 aliphatic carbocycles. The van der Waals surface area contributed by atoms with Gasteiger partial charge in [-0.3, -0.25) is 4.79 Å². The quantitative estimate of drug-likeness (QED) is 0.0263. The topological polar surface area (TPSA) is 149 Å². The molecule has 1 amide bonds. The van der Waals surface area contributed by atoms with E-state index >= 15 is 0 Å². The Morgan fingerprint density at radius 1 is 0.574 bits per heavy atom. The first-order valence-electron chi connectivity index (χ1n) is 25.0. The lowest BCUT2D eigenvalue weighted by Crippen LogP contribution is -2.60. The summed E-state index contributed by atoms with van der Waals surface area (Å²) in [6, 6.07) is -0.809. The number of aliphatic hydroxyl groups is 5. The van der Waals surface area contributed by atoms with Crippen molar-refractivity contribution in [2.45, 2.75) is 249 Å². The Morgan fingerprint density at radius 3 is 1.51 bits per heavy atom. The number of aliphatic hydroxyl groups excluding tert-OH is 5. The summed E-state index contributed by atoms with van der Waals surface area (Å²) in [6.45, 7) is 3.66. The van der Waals surface area contributed by atoms with Crippen molar-refractivity contribution in [3.63, 3.8) is 0 Å². The van der Waals surface area contributed by atoms with Crippen molar-refractivity contribution in [2.75, 3.05) is 13.2 Å². The molecule has 0 aromatic heterocycles. The third-order valence-electron chi connectivity index (χ3n) is 11.6. The second-order valence-electron chi connectivity index (χ2n) is 17.2. The van der Waals surface area contributed by atoms with E-state index in [1.54, 1.807) is 6.08 Å². The van der Waals surface area contributed by atoms with E-state index in [1.165, 1.54) is 116 Å². The molecule has 1 aliphatic rings. The van der Waals surface area contributed by atoms with Gasteiger partial charge in [-0.25, -0.2) is 0 Å². The van der Waals surface area contributed by atoms with Crippen molar-refractivity contribution in [3.8, 4) is 0 Å². The number of unbranched alkanes of at least 4 members (excludes halogenated alkanes) is 23. The molecule has 0 bridgehead atoms. The van der Waals surface area contributed by atoms with E-state index in [4.69, 9.17) is 9.47 Å². The average Bonchev–Trinajstić information content (AvgIpc) is 3.26. The third-order valence-corrected chi connectivity index (χ3v) is 11.6. The summed E-state index contributed by atoms with van der Waals surface area (Å²) in [5.74, 6) is -0.184. The number of carbonyl (C=O) groups is 1. The number of allylic oxidation sites excluding steroid dienone is 9. The molecule has 9 nitrogen and oxygen atoms in total. The van der Waals surface area contributed by atoms with Gasteiger partial charge in [-0.1, -0.05) is 203 Å². The minimum Gasteiger partial charge on any atom is -0.394 e. The highest BCUT2D eigenvalue weighted by molar-refractivity contribution is 5.76. The van der Waals surface area contributed by atoms with E-state index in [0.717, 1.165) is 70.6 Å². The maximum absolute atomic E-state index is 13.0. The van der Waals surface area contributed by atoms with Crippen molar-refractivity contribution in [2.24, 2.45) is 0 Å². The zero-order valence-corrected chi connectivity index (χ0v) is 38.9. The highest BCUT2D eigenvalue weighted by Gasteiger charge is 2.44. The Balaban J connectivity index is 2.29. The normalized spacial score (nSPS) is 20.9. The van der Waals surface area contributed by atoms with Crippen LogP contribution in [-0.2, 0) is 14.3 Å². The van der Waals surface area contributed by atoms with Crippen LogP contribution in [0.4, 0.5) is 0 Å². The SMILES string of the molecule is CC/C=C\C/C=C\C/C=C\C/C=C\CCCCCCCCCCCCC(=O)NC(COC1OC(CO)C(O)C(O)C1O)C(O)/C=C/CCCCCCCCCCCCCCC. The standard InChI is InChI=1S/C52H93NO8/c1-3-5-7-9-11-13-15-17-19-20-21-22-23-24-25-26-28-30-32-34-36-38-40-42-48(56)53-45(44-60-52-51(59)50(58)49(57)47(43-54)61-52)46(55)41-39-37-35-33-31-29-27-18-16-14-12-10-8-6-4-2/h5,7,11,13,17,19,21-22,39,41,45-47,49-52,54-55,57-59H,3-4,6,8-10,12,14-16,18,20,23-38,40,42-44H2,1-2H3,(H,53,56)/b7-5-,13-11-,19-17-,22-21-,41-39+. The van der Waals surface area contributed by atoms with Crippen molar-refractivity contribution in [1.82, 2.24) is 5.32 Å². The first kappa shape index (κ1) is 56.9. The monoisotopic (exact) mass is 860 g/mol. The molecule has 9 heteroatoms. The lowest BCUT2D eigenvalue weighted by molar-refractivity contribution is -0.302. The van der Waals surface area contributed by atoms with Crippen LogP contribution in [0.25, 0.3) is 0 Å². The summed E-state index contributed by atoms with van der Waals surface area (Å²) in [6.07, 6.45) is 48.3. The molecule has 0 aromatic carbocycles. The molecule has 354 valence electrons.